The lowest BCUT2D eigenvalue weighted by atomic mass is 9.82. The number of hydrogen-bond donors (Lipinski definition) is 3. The van der Waals surface area contributed by atoms with Crippen molar-refractivity contribution in [2.75, 3.05) is 0 Å². The highest BCUT2D eigenvalue weighted by Crippen LogP contribution is 2.46. The summed E-state index contributed by atoms with van der Waals surface area (Å²) < 4.78 is 0. The normalized spacial score (nSPS) is 13.6. The van der Waals surface area contributed by atoms with E-state index in [2.05, 4.69) is 73.3 Å². The van der Waals surface area contributed by atoms with Crippen LogP contribution < -0.4 is 10.4 Å². The SMILES string of the molecule is C=C/C=C\C=C1/CC(c2c(C)c(O)c(O)c(C)c2O)=c2ccccc2=C1c1nc(-c2ccccc2)nc(-c2cc3c4ccccc4ccc3c3ccccc23)n1. The molecule has 0 amide bonds. The van der Waals surface area contributed by atoms with Crippen molar-refractivity contribution in [2.24, 2.45) is 0 Å². The molecule has 0 aliphatic heterocycles. The summed E-state index contributed by atoms with van der Waals surface area (Å²) in [6.45, 7) is 7.19. The van der Waals surface area contributed by atoms with Crippen LogP contribution in [-0.2, 0) is 0 Å². The van der Waals surface area contributed by atoms with Crippen molar-refractivity contribution in [3.8, 4) is 40.0 Å². The zero-order valence-corrected chi connectivity index (χ0v) is 31.0. The van der Waals surface area contributed by atoms with Crippen molar-refractivity contribution >= 4 is 43.5 Å². The van der Waals surface area contributed by atoms with Gasteiger partial charge in [0.25, 0.3) is 0 Å². The molecule has 1 aliphatic carbocycles. The lowest BCUT2D eigenvalue weighted by Gasteiger charge is -2.23. The zero-order valence-electron chi connectivity index (χ0n) is 31.0. The molecule has 6 heteroatoms. The third-order valence-corrected chi connectivity index (χ3v) is 10.9. The van der Waals surface area contributed by atoms with Gasteiger partial charge < -0.3 is 15.3 Å². The zero-order chi connectivity index (χ0) is 38.5. The Kier molecular flexibility index (Phi) is 8.51. The van der Waals surface area contributed by atoms with Crippen molar-refractivity contribution in [1.82, 2.24) is 15.0 Å². The number of phenols is 3. The number of rotatable bonds is 6. The van der Waals surface area contributed by atoms with Gasteiger partial charge in [0.05, 0.1) is 0 Å². The molecule has 0 radical (unpaired) electrons. The van der Waals surface area contributed by atoms with E-state index in [4.69, 9.17) is 15.0 Å². The van der Waals surface area contributed by atoms with E-state index in [1.54, 1.807) is 19.9 Å². The van der Waals surface area contributed by atoms with E-state index in [0.29, 0.717) is 35.0 Å². The fourth-order valence-corrected chi connectivity index (χ4v) is 8.08. The molecular weight excluding hydrogens is 691 g/mol. The summed E-state index contributed by atoms with van der Waals surface area (Å²) in [4.78, 5) is 15.8. The Morgan fingerprint density at radius 2 is 1.18 bits per heavy atom. The quantitative estimate of drug-likeness (QED) is 0.0683. The maximum Gasteiger partial charge on any atom is 0.165 e. The molecule has 270 valence electrons. The van der Waals surface area contributed by atoms with Gasteiger partial charge in [-0.1, -0.05) is 146 Å². The van der Waals surface area contributed by atoms with Gasteiger partial charge in [0, 0.05) is 33.4 Å². The molecule has 1 aliphatic rings. The molecule has 6 nitrogen and oxygen atoms in total. The van der Waals surface area contributed by atoms with Gasteiger partial charge in [-0.3, -0.25) is 0 Å². The van der Waals surface area contributed by atoms with Crippen LogP contribution in [0.1, 0.15) is 28.9 Å². The molecule has 1 heterocycles. The molecule has 56 heavy (non-hydrogen) atoms. The summed E-state index contributed by atoms with van der Waals surface area (Å²) in [6, 6.07) is 41.4. The average molecular weight is 728 g/mol. The second kappa shape index (κ2) is 13.8. The van der Waals surface area contributed by atoms with Crippen LogP contribution in [0.3, 0.4) is 0 Å². The lowest BCUT2D eigenvalue weighted by Crippen LogP contribution is -2.34. The Hall–Kier alpha value is -7.31. The van der Waals surface area contributed by atoms with Crippen molar-refractivity contribution in [1.29, 1.82) is 0 Å². The minimum absolute atomic E-state index is 0.0726. The van der Waals surface area contributed by atoms with Crippen molar-refractivity contribution < 1.29 is 15.3 Å². The van der Waals surface area contributed by atoms with Gasteiger partial charge in [0.2, 0.25) is 0 Å². The Morgan fingerprint density at radius 3 is 1.96 bits per heavy atom. The van der Waals surface area contributed by atoms with Gasteiger partial charge in [-0.05, 0) is 80.2 Å². The largest absolute Gasteiger partial charge is 0.507 e. The molecule has 8 aromatic rings. The van der Waals surface area contributed by atoms with E-state index in [1.807, 2.05) is 72.8 Å². The first-order valence-electron chi connectivity index (χ1n) is 18.5. The Bertz CT molecular complexity index is 3100. The smallest absolute Gasteiger partial charge is 0.165 e. The number of aromatic nitrogens is 3. The lowest BCUT2D eigenvalue weighted by molar-refractivity contribution is 0.389. The first kappa shape index (κ1) is 34.5. The number of nitrogens with zero attached hydrogens (tertiary/aromatic N) is 3. The van der Waals surface area contributed by atoms with Crippen LogP contribution in [-0.4, -0.2) is 30.3 Å². The van der Waals surface area contributed by atoms with Crippen LogP contribution in [0.15, 0.2) is 158 Å². The topological polar surface area (TPSA) is 99.4 Å². The minimum atomic E-state index is -0.328. The Labute approximate surface area is 323 Å². The summed E-state index contributed by atoms with van der Waals surface area (Å²) in [5, 5.41) is 41.6. The number of aromatic hydroxyl groups is 3. The predicted octanol–water partition coefficient (Wildman–Crippen LogP) is 9.87. The van der Waals surface area contributed by atoms with E-state index in [9.17, 15) is 15.3 Å². The van der Waals surface area contributed by atoms with Crippen molar-refractivity contribution in [3.63, 3.8) is 0 Å². The monoisotopic (exact) mass is 727 g/mol. The number of allylic oxidation sites excluding steroid dienone is 5. The molecule has 9 rings (SSSR count). The van der Waals surface area contributed by atoms with Crippen LogP contribution in [0.25, 0.3) is 66.2 Å². The fraction of sp³-hybridized carbons (Fsp3) is 0.0600. The molecule has 0 atom stereocenters. The third-order valence-electron chi connectivity index (χ3n) is 10.9. The molecule has 0 saturated heterocycles. The highest BCUT2D eigenvalue weighted by Gasteiger charge is 2.28. The molecule has 0 fully saturated rings. The first-order valence-corrected chi connectivity index (χ1v) is 18.5. The minimum Gasteiger partial charge on any atom is -0.507 e. The van der Waals surface area contributed by atoms with Gasteiger partial charge in [0.1, 0.15) is 5.75 Å². The van der Waals surface area contributed by atoms with Gasteiger partial charge in [-0.25, -0.2) is 15.0 Å². The number of phenolic OH excluding ortho intramolecular Hbond substituents is 3. The van der Waals surface area contributed by atoms with Crippen LogP contribution in [0.2, 0.25) is 0 Å². The van der Waals surface area contributed by atoms with E-state index in [-0.39, 0.29) is 22.8 Å². The molecule has 0 bridgehead atoms. The molecular formula is C50H37N3O3. The molecule has 1 aromatic heterocycles. The summed E-state index contributed by atoms with van der Waals surface area (Å²) in [5.74, 6) is 0.944. The highest BCUT2D eigenvalue weighted by atomic mass is 16.3. The maximum atomic E-state index is 11.5. The Balaban J connectivity index is 1.42. The Morgan fingerprint density at radius 1 is 0.554 bits per heavy atom. The van der Waals surface area contributed by atoms with Crippen LogP contribution >= 0.6 is 0 Å². The van der Waals surface area contributed by atoms with Crippen LogP contribution in [0.4, 0.5) is 0 Å². The van der Waals surface area contributed by atoms with Gasteiger partial charge in [0.15, 0.2) is 29.0 Å². The van der Waals surface area contributed by atoms with E-state index in [1.165, 1.54) is 0 Å². The second-order valence-electron chi connectivity index (χ2n) is 14.1. The molecule has 7 aromatic carbocycles. The molecule has 3 N–H and O–H groups in total. The van der Waals surface area contributed by atoms with Crippen LogP contribution in [0.5, 0.6) is 17.2 Å². The van der Waals surface area contributed by atoms with E-state index < -0.39 is 0 Å². The van der Waals surface area contributed by atoms with Gasteiger partial charge in [-0.15, -0.1) is 0 Å². The fourth-order valence-electron chi connectivity index (χ4n) is 8.08. The molecule has 0 saturated carbocycles. The summed E-state index contributed by atoms with van der Waals surface area (Å²) in [6.07, 6.45) is 7.92. The van der Waals surface area contributed by atoms with Gasteiger partial charge >= 0.3 is 0 Å². The number of hydrogen-bond acceptors (Lipinski definition) is 6. The van der Waals surface area contributed by atoms with Crippen molar-refractivity contribution in [2.45, 2.75) is 20.3 Å². The summed E-state index contributed by atoms with van der Waals surface area (Å²) in [5.41, 5.74) is 5.37. The van der Waals surface area contributed by atoms with Crippen molar-refractivity contribution in [3.05, 3.63) is 191 Å². The standard InChI is InChI=1S/C50H37N3O3/c1-4-5-7-19-33-27-41(43-29(2)46(55)47(56)30(3)45(43)54)37-23-14-15-24-39(37)44(33)50-52-48(32-17-8-6-9-18-32)51-49(53-50)42-28-40-34-20-11-10-16-31(34)25-26-38(40)35-21-12-13-22-36(35)42/h4-26,28,54-56H,1,27H2,2-3H3/b7-5-,33-19+. The molecule has 0 spiro atoms. The highest BCUT2D eigenvalue weighted by molar-refractivity contribution is 6.20. The van der Waals surface area contributed by atoms with E-state index >= 15 is 0 Å². The summed E-state index contributed by atoms with van der Waals surface area (Å²) >= 11 is 0. The average Bonchev–Trinajstić information content (AvgIpc) is 3.24. The maximum absolute atomic E-state index is 11.5. The van der Waals surface area contributed by atoms with Crippen LogP contribution in [0, 0.1) is 13.8 Å². The predicted molar refractivity (Wildman–Crippen MR) is 227 cm³/mol. The van der Waals surface area contributed by atoms with Gasteiger partial charge in [-0.2, -0.15) is 0 Å². The first-order chi connectivity index (χ1) is 27.3. The number of benzene rings is 7. The molecule has 0 unspecified atom stereocenters. The second-order valence-corrected chi connectivity index (χ2v) is 14.1. The number of fused-ring (bicyclic) bond motifs is 6. The summed E-state index contributed by atoms with van der Waals surface area (Å²) in [7, 11) is 0. The third kappa shape index (κ3) is 5.62. The van der Waals surface area contributed by atoms with E-state index in [0.717, 1.165) is 70.6 Å².